The van der Waals surface area contributed by atoms with Crippen LogP contribution in [0.2, 0.25) is 0 Å². The lowest BCUT2D eigenvalue weighted by Crippen LogP contribution is -2.62. The van der Waals surface area contributed by atoms with Crippen LogP contribution in [0.5, 0.6) is 5.75 Å². The summed E-state index contributed by atoms with van der Waals surface area (Å²) in [5.74, 6) is 0.517. The molecule has 1 aliphatic heterocycles. The van der Waals surface area contributed by atoms with Gasteiger partial charge >= 0.3 is 0 Å². The Labute approximate surface area is 219 Å². The van der Waals surface area contributed by atoms with Crippen LogP contribution >= 0.6 is 0 Å². The Morgan fingerprint density at radius 1 is 1.08 bits per heavy atom. The molecule has 2 aromatic carbocycles. The molecule has 3 aromatic rings. The smallest absolute Gasteiger partial charge is 0.246 e. The highest BCUT2D eigenvalue weighted by atomic mass is 16.5. The van der Waals surface area contributed by atoms with Gasteiger partial charge in [-0.15, -0.1) is 0 Å². The Balaban J connectivity index is 1.55. The number of imidazole rings is 1. The van der Waals surface area contributed by atoms with Gasteiger partial charge < -0.3 is 19.9 Å². The van der Waals surface area contributed by atoms with Gasteiger partial charge in [0.15, 0.2) is 0 Å². The van der Waals surface area contributed by atoms with E-state index in [0.717, 1.165) is 42.9 Å². The first-order valence-electron chi connectivity index (χ1n) is 13.2. The van der Waals surface area contributed by atoms with Crippen molar-refractivity contribution in [2.24, 2.45) is 5.73 Å². The van der Waals surface area contributed by atoms with Gasteiger partial charge in [-0.2, -0.15) is 0 Å². The van der Waals surface area contributed by atoms with E-state index in [9.17, 15) is 9.59 Å². The number of carbonyl (C=O) groups is 2. The van der Waals surface area contributed by atoms with Crippen molar-refractivity contribution >= 4 is 11.8 Å². The number of rotatable bonds is 13. The van der Waals surface area contributed by atoms with Crippen molar-refractivity contribution in [2.75, 3.05) is 20.2 Å². The lowest BCUT2D eigenvalue weighted by atomic mass is 9.70. The van der Waals surface area contributed by atoms with Crippen LogP contribution in [0.25, 0.3) is 0 Å². The molecule has 37 heavy (non-hydrogen) atoms. The van der Waals surface area contributed by atoms with E-state index in [0.29, 0.717) is 12.8 Å². The summed E-state index contributed by atoms with van der Waals surface area (Å²) < 4.78 is 7.19. The number of benzene rings is 2. The van der Waals surface area contributed by atoms with Gasteiger partial charge in [-0.1, -0.05) is 68.7 Å². The average molecular weight is 503 g/mol. The topological polar surface area (TPSA) is 90.4 Å². The van der Waals surface area contributed by atoms with Crippen molar-refractivity contribution in [3.05, 3.63) is 83.9 Å². The predicted molar refractivity (Wildman–Crippen MR) is 144 cm³/mol. The van der Waals surface area contributed by atoms with Crippen LogP contribution in [0.15, 0.2) is 67.1 Å². The van der Waals surface area contributed by atoms with Gasteiger partial charge in [0, 0.05) is 37.5 Å². The van der Waals surface area contributed by atoms with Gasteiger partial charge in [-0.3, -0.25) is 9.59 Å². The first-order chi connectivity index (χ1) is 17.9. The SMILES string of the molecule is CCCCCC1(c2ccccc2)CN(C(=O)[C@@H](Cc2ccc(OC)cc2)n2cnc(CCC(N)=O)c2)C1. The van der Waals surface area contributed by atoms with E-state index in [4.69, 9.17) is 10.5 Å². The van der Waals surface area contributed by atoms with E-state index in [1.54, 1.807) is 13.4 Å². The van der Waals surface area contributed by atoms with Gasteiger partial charge in [0.2, 0.25) is 11.8 Å². The van der Waals surface area contributed by atoms with Crippen LogP contribution in [0.1, 0.15) is 61.9 Å². The van der Waals surface area contributed by atoms with Crippen molar-refractivity contribution in [2.45, 2.75) is 63.3 Å². The zero-order valence-corrected chi connectivity index (χ0v) is 21.9. The van der Waals surface area contributed by atoms with E-state index in [2.05, 4.69) is 36.2 Å². The Morgan fingerprint density at radius 3 is 2.46 bits per heavy atom. The normalized spacial score (nSPS) is 15.1. The number of aromatic nitrogens is 2. The average Bonchev–Trinajstić information content (AvgIpc) is 3.37. The number of hydrogen-bond acceptors (Lipinski definition) is 4. The number of nitrogens with zero attached hydrogens (tertiary/aromatic N) is 3. The van der Waals surface area contributed by atoms with E-state index in [-0.39, 0.29) is 23.7 Å². The Kier molecular flexibility index (Phi) is 8.64. The summed E-state index contributed by atoms with van der Waals surface area (Å²) in [4.78, 5) is 31.6. The summed E-state index contributed by atoms with van der Waals surface area (Å²) in [6.07, 6.45) is 9.44. The maximum absolute atomic E-state index is 14.0. The number of aryl methyl sites for hydroxylation is 1. The summed E-state index contributed by atoms with van der Waals surface area (Å²) in [7, 11) is 1.64. The monoisotopic (exact) mass is 502 g/mol. The molecular weight excluding hydrogens is 464 g/mol. The highest BCUT2D eigenvalue weighted by Crippen LogP contribution is 2.40. The summed E-state index contributed by atoms with van der Waals surface area (Å²) in [5, 5.41) is 0. The van der Waals surface area contributed by atoms with Gasteiger partial charge in [0.25, 0.3) is 0 Å². The van der Waals surface area contributed by atoms with Gasteiger partial charge in [-0.25, -0.2) is 4.98 Å². The van der Waals surface area contributed by atoms with Crippen LogP contribution < -0.4 is 10.5 Å². The Hall–Kier alpha value is -3.61. The third kappa shape index (κ3) is 6.40. The number of likely N-dealkylation sites (tertiary alicyclic amines) is 1. The third-order valence-electron chi connectivity index (χ3n) is 7.46. The summed E-state index contributed by atoms with van der Waals surface area (Å²) in [6, 6.07) is 18.0. The fourth-order valence-electron chi connectivity index (χ4n) is 5.28. The van der Waals surface area contributed by atoms with Gasteiger partial charge in [-0.05, 0) is 36.1 Å². The highest BCUT2D eigenvalue weighted by molar-refractivity contribution is 5.82. The quantitative estimate of drug-likeness (QED) is 0.350. The molecule has 2 amide bonds. The molecule has 0 spiro atoms. The van der Waals surface area contributed by atoms with Gasteiger partial charge in [0.05, 0.1) is 19.1 Å². The zero-order chi connectivity index (χ0) is 26.3. The first-order valence-corrected chi connectivity index (χ1v) is 13.2. The van der Waals surface area contributed by atoms with Crippen LogP contribution in [0.4, 0.5) is 0 Å². The molecule has 0 saturated carbocycles. The molecule has 1 saturated heterocycles. The molecule has 0 unspecified atom stereocenters. The standard InChI is InChI=1S/C30H38N4O3/c1-3-4-8-17-30(24-9-6-5-7-10-24)20-34(21-30)29(36)27(18-23-11-14-26(37-2)15-12-23)33-19-25(32-22-33)13-16-28(31)35/h5-7,9-12,14-15,19,22,27H,3-4,8,13,16-18,20-21H2,1-2H3,(H2,31,35)/t27-/m1/s1. The number of carbonyl (C=O) groups excluding carboxylic acids is 2. The van der Waals surface area contributed by atoms with Crippen LogP contribution in [0, 0.1) is 0 Å². The number of amides is 2. The van der Waals surface area contributed by atoms with Crippen LogP contribution in [0.3, 0.4) is 0 Å². The molecular formula is C30H38N4O3. The summed E-state index contributed by atoms with van der Waals surface area (Å²) >= 11 is 0. The molecule has 0 radical (unpaired) electrons. The first kappa shape index (κ1) is 26.5. The molecule has 1 aliphatic rings. The van der Waals surface area contributed by atoms with Crippen LogP contribution in [-0.2, 0) is 27.8 Å². The highest BCUT2D eigenvalue weighted by Gasteiger charge is 2.47. The zero-order valence-electron chi connectivity index (χ0n) is 21.9. The second-order valence-electron chi connectivity index (χ2n) is 10.1. The van der Waals surface area contributed by atoms with E-state index >= 15 is 0 Å². The van der Waals surface area contributed by atoms with Crippen molar-refractivity contribution in [3.8, 4) is 5.75 Å². The molecule has 1 fully saturated rings. The maximum Gasteiger partial charge on any atom is 0.246 e. The molecule has 196 valence electrons. The van der Waals surface area contributed by atoms with E-state index in [1.807, 2.05) is 46.0 Å². The fourth-order valence-corrected chi connectivity index (χ4v) is 5.28. The fraction of sp³-hybridized carbons (Fsp3) is 0.433. The second-order valence-corrected chi connectivity index (χ2v) is 10.1. The van der Waals surface area contributed by atoms with Gasteiger partial charge in [0.1, 0.15) is 11.8 Å². The van der Waals surface area contributed by atoms with Crippen molar-refractivity contribution in [1.82, 2.24) is 14.5 Å². The molecule has 4 rings (SSSR count). The largest absolute Gasteiger partial charge is 0.497 e. The summed E-state index contributed by atoms with van der Waals surface area (Å²) in [5.41, 5.74) is 8.45. The van der Waals surface area contributed by atoms with Crippen LogP contribution in [-0.4, -0.2) is 46.5 Å². The second kappa shape index (κ2) is 12.1. The van der Waals surface area contributed by atoms with Crippen molar-refractivity contribution in [3.63, 3.8) is 0 Å². The van der Waals surface area contributed by atoms with Crippen molar-refractivity contribution in [1.29, 1.82) is 0 Å². The lowest BCUT2D eigenvalue weighted by Gasteiger charge is -2.52. The van der Waals surface area contributed by atoms with E-state index < -0.39 is 6.04 Å². The number of hydrogen-bond donors (Lipinski definition) is 1. The lowest BCUT2D eigenvalue weighted by molar-refractivity contribution is -0.143. The Bertz CT molecular complexity index is 1170. The van der Waals surface area contributed by atoms with Crippen molar-refractivity contribution < 1.29 is 14.3 Å². The number of methoxy groups -OCH3 is 1. The number of unbranched alkanes of at least 4 members (excludes halogenated alkanes) is 2. The minimum absolute atomic E-state index is 0.0122. The molecule has 1 atom stereocenters. The Morgan fingerprint density at radius 2 is 1.81 bits per heavy atom. The molecule has 7 heteroatoms. The molecule has 2 N–H and O–H groups in total. The molecule has 1 aromatic heterocycles. The molecule has 7 nitrogen and oxygen atoms in total. The minimum Gasteiger partial charge on any atom is -0.497 e. The maximum atomic E-state index is 14.0. The summed E-state index contributed by atoms with van der Waals surface area (Å²) in [6.45, 7) is 3.67. The molecule has 0 bridgehead atoms. The molecule has 0 aliphatic carbocycles. The predicted octanol–water partition coefficient (Wildman–Crippen LogP) is 4.45. The number of nitrogens with two attached hydrogens (primary N) is 1. The number of ether oxygens (including phenoxy) is 1. The molecule has 2 heterocycles. The third-order valence-corrected chi connectivity index (χ3v) is 7.46. The van der Waals surface area contributed by atoms with E-state index in [1.165, 1.54) is 18.4 Å². The number of primary amides is 1. The minimum atomic E-state index is -0.423.